The van der Waals surface area contributed by atoms with Gasteiger partial charge in [0.15, 0.2) is 0 Å². The number of aliphatic carboxylic acids is 1. The van der Waals surface area contributed by atoms with E-state index < -0.39 is 11.2 Å². The summed E-state index contributed by atoms with van der Waals surface area (Å²) in [7, 11) is 0. The van der Waals surface area contributed by atoms with Crippen LogP contribution in [-0.4, -0.2) is 34.5 Å². The zero-order valence-corrected chi connectivity index (χ0v) is 8.06. The molecule has 0 rings (SSSR count). The molecule has 0 heterocycles. The van der Waals surface area contributed by atoms with Gasteiger partial charge in [0.25, 0.3) is 0 Å². The lowest BCUT2D eigenvalue weighted by atomic mass is 10.5. The summed E-state index contributed by atoms with van der Waals surface area (Å²) in [5.74, 6) is 1.21. The largest absolute Gasteiger partial charge is 0.480 e. The molecule has 0 saturated carbocycles. The fraction of sp³-hybridized carbons (Fsp3) is 0.500. The molecule has 1 unspecified atom stereocenters. The van der Waals surface area contributed by atoms with Crippen molar-refractivity contribution in [2.45, 2.75) is 12.2 Å². The monoisotopic (exact) mass is 201 g/mol. The molecule has 1 amide bonds. The van der Waals surface area contributed by atoms with E-state index in [2.05, 4.69) is 11.2 Å². The molecule has 2 N–H and O–H groups in total. The van der Waals surface area contributed by atoms with Crippen molar-refractivity contribution in [1.82, 2.24) is 5.32 Å². The van der Waals surface area contributed by atoms with Crippen LogP contribution in [-0.2, 0) is 9.59 Å². The lowest BCUT2D eigenvalue weighted by molar-refractivity contribution is -0.136. The third-order valence-electron chi connectivity index (χ3n) is 1.20. The summed E-state index contributed by atoms with van der Waals surface area (Å²) in [4.78, 5) is 21.2. The van der Waals surface area contributed by atoms with Gasteiger partial charge in [-0.3, -0.25) is 9.59 Å². The average Bonchev–Trinajstić information content (AvgIpc) is 2.10. The number of nitrogens with one attached hydrogen (secondary N) is 1. The Kier molecular flexibility index (Phi) is 5.81. The van der Waals surface area contributed by atoms with Crippen LogP contribution in [0.1, 0.15) is 6.92 Å². The third kappa shape index (κ3) is 6.05. The van der Waals surface area contributed by atoms with E-state index in [1.165, 1.54) is 6.92 Å². The zero-order valence-electron chi connectivity index (χ0n) is 7.24. The number of carboxylic acids is 1. The Morgan fingerprint density at radius 2 is 2.31 bits per heavy atom. The van der Waals surface area contributed by atoms with Crippen molar-refractivity contribution in [2.24, 2.45) is 0 Å². The van der Waals surface area contributed by atoms with Crippen molar-refractivity contribution < 1.29 is 14.7 Å². The van der Waals surface area contributed by atoms with Crippen molar-refractivity contribution in [3.63, 3.8) is 0 Å². The maximum Gasteiger partial charge on any atom is 0.316 e. The molecule has 0 aromatic carbocycles. The van der Waals surface area contributed by atoms with Gasteiger partial charge in [-0.1, -0.05) is 5.92 Å². The molecule has 0 aliphatic heterocycles. The number of amides is 1. The minimum atomic E-state index is -0.922. The minimum absolute atomic E-state index is 0.120. The second kappa shape index (κ2) is 6.38. The predicted molar refractivity (Wildman–Crippen MR) is 51.4 cm³/mol. The molecule has 0 aromatic rings. The molecule has 13 heavy (non-hydrogen) atoms. The molecule has 0 aliphatic carbocycles. The molecule has 0 bridgehead atoms. The van der Waals surface area contributed by atoms with Crippen molar-refractivity contribution in [3.8, 4) is 12.3 Å². The van der Waals surface area contributed by atoms with Crippen LogP contribution in [0.4, 0.5) is 0 Å². The van der Waals surface area contributed by atoms with Crippen molar-refractivity contribution >= 4 is 23.6 Å². The van der Waals surface area contributed by atoms with E-state index in [0.717, 1.165) is 11.8 Å². The van der Waals surface area contributed by atoms with E-state index in [1.807, 2.05) is 0 Å². The lowest BCUT2D eigenvalue weighted by Crippen LogP contribution is -2.27. The van der Waals surface area contributed by atoms with Crippen molar-refractivity contribution in [2.75, 3.05) is 12.3 Å². The molecule has 0 aromatic heterocycles. The number of carbonyl (C=O) groups is 2. The molecule has 5 heteroatoms. The summed E-state index contributed by atoms with van der Waals surface area (Å²) in [6.07, 6.45) is 4.92. The molecule has 0 radical (unpaired) electrons. The Labute approximate surface area is 81.1 Å². The van der Waals surface area contributed by atoms with E-state index in [9.17, 15) is 9.59 Å². The smallest absolute Gasteiger partial charge is 0.316 e. The van der Waals surface area contributed by atoms with E-state index in [0.29, 0.717) is 0 Å². The Morgan fingerprint density at radius 3 is 2.77 bits per heavy atom. The molecule has 4 nitrogen and oxygen atoms in total. The van der Waals surface area contributed by atoms with Gasteiger partial charge in [0, 0.05) is 0 Å². The van der Waals surface area contributed by atoms with Gasteiger partial charge in [-0.2, -0.15) is 0 Å². The highest BCUT2D eigenvalue weighted by Gasteiger charge is 2.12. The molecule has 72 valence electrons. The highest BCUT2D eigenvalue weighted by molar-refractivity contribution is 8.01. The van der Waals surface area contributed by atoms with Gasteiger partial charge < -0.3 is 10.4 Å². The van der Waals surface area contributed by atoms with Crippen LogP contribution in [0.25, 0.3) is 0 Å². The van der Waals surface area contributed by atoms with Crippen LogP contribution >= 0.6 is 11.8 Å². The molecule has 0 spiro atoms. The fourth-order valence-corrected chi connectivity index (χ4v) is 1.12. The Bertz CT molecular complexity index is 234. The highest BCUT2D eigenvalue weighted by atomic mass is 32.2. The third-order valence-corrected chi connectivity index (χ3v) is 2.33. The number of hydrogen-bond acceptors (Lipinski definition) is 3. The number of carbonyl (C=O) groups excluding carboxylic acids is 1. The van der Waals surface area contributed by atoms with Gasteiger partial charge in [-0.05, 0) is 6.92 Å². The molecule has 0 aliphatic rings. The molecular formula is C8H11NO3S. The number of terminal acetylenes is 1. The standard InChI is InChI=1S/C8H11NO3S/c1-3-4-9-7(10)5-13-6(2)8(11)12/h1,6H,4-5H2,2H3,(H,9,10)(H,11,12). The summed E-state index contributed by atoms with van der Waals surface area (Å²) >= 11 is 1.06. The molecule has 0 fully saturated rings. The first-order valence-electron chi connectivity index (χ1n) is 3.62. The Balaban J connectivity index is 3.59. The number of carboxylic acid groups (broad SMARTS) is 1. The van der Waals surface area contributed by atoms with Gasteiger partial charge in [0.2, 0.25) is 5.91 Å². The lowest BCUT2D eigenvalue weighted by Gasteiger charge is -2.04. The molecule has 0 saturated heterocycles. The van der Waals surface area contributed by atoms with Gasteiger partial charge in [0.1, 0.15) is 0 Å². The van der Waals surface area contributed by atoms with E-state index in [-0.39, 0.29) is 18.2 Å². The normalized spacial score (nSPS) is 11.4. The predicted octanol–water partition coefficient (Wildman–Crippen LogP) is -0.0579. The van der Waals surface area contributed by atoms with E-state index in [4.69, 9.17) is 11.5 Å². The van der Waals surface area contributed by atoms with E-state index in [1.54, 1.807) is 0 Å². The number of rotatable bonds is 5. The van der Waals surface area contributed by atoms with Crippen LogP contribution in [0.5, 0.6) is 0 Å². The topological polar surface area (TPSA) is 66.4 Å². The summed E-state index contributed by atoms with van der Waals surface area (Å²) < 4.78 is 0. The summed E-state index contributed by atoms with van der Waals surface area (Å²) in [5, 5.41) is 10.4. The van der Waals surface area contributed by atoms with Gasteiger partial charge >= 0.3 is 5.97 Å². The van der Waals surface area contributed by atoms with Gasteiger partial charge in [0.05, 0.1) is 17.5 Å². The quantitative estimate of drug-likeness (QED) is 0.612. The van der Waals surface area contributed by atoms with Gasteiger partial charge in [-0.15, -0.1) is 18.2 Å². The zero-order chi connectivity index (χ0) is 10.3. The first-order valence-corrected chi connectivity index (χ1v) is 4.67. The summed E-state index contributed by atoms with van der Waals surface area (Å²) in [5.41, 5.74) is 0. The average molecular weight is 201 g/mol. The molecule has 1 atom stereocenters. The maximum absolute atomic E-state index is 10.9. The van der Waals surface area contributed by atoms with E-state index >= 15 is 0 Å². The first-order chi connectivity index (χ1) is 6.07. The fourth-order valence-electron chi connectivity index (χ4n) is 0.473. The SMILES string of the molecule is C#CCNC(=O)CSC(C)C(=O)O. The second-order valence-corrected chi connectivity index (χ2v) is 3.60. The molecular weight excluding hydrogens is 190 g/mol. The van der Waals surface area contributed by atoms with Crippen molar-refractivity contribution in [1.29, 1.82) is 0 Å². The number of thioether (sulfide) groups is 1. The highest BCUT2D eigenvalue weighted by Crippen LogP contribution is 2.09. The summed E-state index contributed by atoms with van der Waals surface area (Å²) in [6.45, 7) is 1.71. The number of hydrogen-bond donors (Lipinski definition) is 2. The maximum atomic E-state index is 10.9. The Hall–Kier alpha value is -1.15. The Morgan fingerprint density at radius 1 is 1.69 bits per heavy atom. The summed E-state index contributed by atoms with van der Waals surface area (Å²) in [6, 6.07) is 0. The van der Waals surface area contributed by atoms with Crippen LogP contribution in [0.3, 0.4) is 0 Å². The van der Waals surface area contributed by atoms with Crippen LogP contribution in [0.2, 0.25) is 0 Å². The van der Waals surface area contributed by atoms with Crippen LogP contribution < -0.4 is 5.32 Å². The second-order valence-electron chi connectivity index (χ2n) is 2.27. The van der Waals surface area contributed by atoms with Crippen LogP contribution in [0.15, 0.2) is 0 Å². The minimum Gasteiger partial charge on any atom is -0.480 e. The van der Waals surface area contributed by atoms with Gasteiger partial charge in [-0.25, -0.2) is 0 Å². The first kappa shape index (κ1) is 11.8. The van der Waals surface area contributed by atoms with Crippen molar-refractivity contribution in [3.05, 3.63) is 0 Å². The van der Waals surface area contributed by atoms with Crippen LogP contribution in [0, 0.1) is 12.3 Å².